The van der Waals surface area contributed by atoms with Crippen LogP contribution in [0.2, 0.25) is 0 Å². The molecule has 1 heterocycles. The first-order valence-electron chi connectivity index (χ1n) is 5.90. The van der Waals surface area contributed by atoms with Crippen LogP contribution in [0.3, 0.4) is 0 Å². The molecule has 1 rings (SSSR count). The van der Waals surface area contributed by atoms with Crippen LogP contribution in [0.15, 0.2) is 18.5 Å². The van der Waals surface area contributed by atoms with Gasteiger partial charge in [0.25, 0.3) is 0 Å². The van der Waals surface area contributed by atoms with Crippen LogP contribution in [0.5, 0.6) is 0 Å². The molecule has 4 heteroatoms. The highest BCUT2D eigenvalue weighted by atomic mass is 16.5. The Bertz CT molecular complexity index is 274. The number of nitrogens with zero attached hydrogens (tertiary/aromatic N) is 1. The monoisotopic (exact) mass is 226 g/mol. The Kier molecular flexibility index (Phi) is 6.88. The van der Waals surface area contributed by atoms with Gasteiger partial charge >= 0.3 is 0 Å². The lowest BCUT2D eigenvalue weighted by Crippen LogP contribution is -2.16. The van der Waals surface area contributed by atoms with Crippen LogP contribution < -0.4 is 5.32 Å². The van der Waals surface area contributed by atoms with Gasteiger partial charge < -0.3 is 19.7 Å². The van der Waals surface area contributed by atoms with Crippen molar-refractivity contribution in [2.24, 2.45) is 0 Å². The van der Waals surface area contributed by atoms with Crippen LogP contribution in [0.1, 0.15) is 18.9 Å². The Morgan fingerprint density at radius 3 is 3.00 bits per heavy atom. The maximum absolute atomic E-state index is 8.50. The summed E-state index contributed by atoms with van der Waals surface area (Å²) >= 11 is 0. The van der Waals surface area contributed by atoms with E-state index in [0.29, 0.717) is 13.2 Å². The molecule has 0 bridgehead atoms. The van der Waals surface area contributed by atoms with Crippen LogP contribution in [0, 0.1) is 0 Å². The van der Waals surface area contributed by atoms with Crippen molar-refractivity contribution in [3.05, 3.63) is 24.0 Å². The highest BCUT2D eigenvalue weighted by Crippen LogP contribution is 2.00. The fourth-order valence-electron chi connectivity index (χ4n) is 1.49. The molecule has 4 nitrogen and oxygen atoms in total. The SMILES string of the molecule is CCn1ccc(CNCCCOCCO)c1. The summed E-state index contributed by atoms with van der Waals surface area (Å²) in [5.74, 6) is 0. The van der Waals surface area contributed by atoms with E-state index < -0.39 is 0 Å². The third-order valence-electron chi connectivity index (χ3n) is 2.38. The zero-order valence-electron chi connectivity index (χ0n) is 9.98. The van der Waals surface area contributed by atoms with Gasteiger partial charge in [-0.1, -0.05) is 0 Å². The van der Waals surface area contributed by atoms with Crippen LogP contribution in [0.25, 0.3) is 0 Å². The number of aliphatic hydroxyl groups excluding tert-OH is 1. The van der Waals surface area contributed by atoms with Gasteiger partial charge in [-0.15, -0.1) is 0 Å². The Morgan fingerprint density at radius 1 is 1.44 bits per heavy atom. The average molecular weight is 226 g/mol. The standard InChI is InChI=1S/C12H22N2O2/c1-2-14-6-4-12(11-14)10-13-5-3-8-16-9-7-15/h4,6,11,13,15H,2-3,5,7-10H2,1H3. The molecule has 0 fully saturated rings. The number of aromatic nitrogens is 1. The van der Waals surface area contributed by atoms with Crippen molar-refractivity contribution >= 4 is 0 Å². The van der Waals surface area contributed by atoms with Gasteiger partial charge in [0, 0.05) is 32.1 Å². The van der Waals surface area contributed by atoms with Gasteiger partial charge in [-0.3, -0.25) is 0 Å². The van der Waals surface area contributed by atoms with Gasteiger partial charge in [-0.2, -0.15) is 0 Å². The smallest absolute Gasteiger partial charge is 0.0697 e. The summed E-state index contributed by atoms with van der Waals surface area (Å²) in [6.07, 6.45) is 5.24. The van der Waals surface area contributed by atoms with Gasteiger partial charge in [0.2, 0.25) is 0 Å². The maximum Gasteiger partial charge on any atom is 0.0697 e. The molecule has 1 aromatic heterocycles. The number of nitrogens with one attached hydrogen (secondary N) is 1. The van der Waals surface area contributed by atoms with Crippen LogP contribution in [-0.4, -0.2) is 36.0 Å². The van der Waals surface area contributed by atoms with E-state index in [1.165, 1.54) is 5.56 Å². The summed E-state index contributed by atoms with van der Waals surface area (Å²) in [6, 6.07) is 2.14. The van der Waals surface area contributed by atoms with Crippen LogP contribution in [-0.2, 0) is 17.8 Å². The van der Waals surface area contributed by atoms with E-state index in [4.69, 9.17) is 9.84 Å². The fourth-order valence-corrected chi connectivity index (χ4v) is 1.49. The third kappa shape index (κ3) is 5.30. The number of ether oxygens (including phenoxy) is 1. The second-order valence-corrected chi connectivity index (χ2v) is 3.72. The number of rotatable bonds is 9. The molecule has 0 aliphatic rings. The number of aryl methyl sites for hydroxylation is 1. The van der Waals surface area contributed by atoms with Gasteiger partial charge in [0.05, 0.1) is 13.2 Å². The Hall–Kier alpha value is -0.840. The first kappa shape index (κ1) is 13.2. The lowest BCUT2D eigenvalue weighted by molar-refractivity contribution is 0.0907. The molecule has 0 amide bonds. The van der Waals surface area contributed by atoms with Gasteiger partial charge in [0.15, 0.2) is 0 Å². The molecular weight excluding hydrogens is 204 g/mol. The largest absolute Gasteiger partial charge is 0.394 e. The lowest BCUT2D eigenvalue weighted by atomic mass is 10.3. The summed E-state index contributed by atoms with van der Waals surface area (Å²) < 4.78 is 7.33. The van der Waals surface area contributed by atoms with Crippen LogP contribution in [0.4, 0.5) is 0 Å². The molecule has 0 radical (unpaired) electrons. The third-order valence-corrected chi connectivity index (χ3v) is 2.38. The first-order valence-corrected chi connectivity index (χ1v) is 5.90. The zero-order chi connectivity index (χ0) is 11.6. The Morgan fingerprint density at radius 2 is 2.31 bits per heavy atom. The van der Waals surface area contributed by atoms with Crippen molar-refractivity contribution in [2.75, 3.05) is 26.4 Å². The Labute approximate surface area is 97.2 Å². The van der Waals surface area contributed by atoms with Crippen LogP contribution >= 0.6 is 0 Å². The molecule has 92 valence electrons. The van der Waals surface area contributed by atoms with Crippen molar-refractivity contribution in [2.45, 2.75) is 26.4 Å². The second kappa shape index (κ2) is 8.33. The highest BCUT2D eigenvalue weighted by molar-refractivity contribution is 5.09. The number of hydrogen-bond donors (Lipinski definition) is 2. The van der Waals surface area contributed by atoms with Crippen molar-refractivity contribution in [3.63, 3.8) is 0 Å². The van der Waals surface area contributed by atoms with E-state index in [9.17, 15) is 0 Å². The van der Waals surface area contributed by atoms with E-state index >= 15 is 0 Å². The van der Waals surface area contributed by atoms with E-state index in [-0.39, 0.29) is 6.61 Å². The highest BCUT2D eigenvalue weighted by Gasteiger charge is 1.95. The van der Waals surface area contributed by atoms with E-state index in [2.05, 4.69) is 35.3 Å². The predicted octanol–water partition coefficient (Wildman–Crippen LogP) is 0.997. The molecule has 0 aliphatic carbocycles. The quantitative estimate of drug-likeness (QED) is 0.617. The van der Waals surface area contributed by atoms with E-state index in [0.717, 1.165) is 26.1 Å². The lowest BCUT2D eigenvalue weighted by Gasteiger charge is -2.04. The minimum atomic E-state index is 0.109. The van der Waals surface area contributed by atoms with Crippen molar-refractivity contribution in [1.29, 1.82) is 0 Å². The second-order valence-electron chi connectivity index (χ2n) is 3.72. The molecule has 16 heavy (non-hydrogen) atoms. The van der Waals surface area contributed by atoms with Crippen molar-refractivity contribution in [3.8, 4) is 0 Å². The summed E-state index contributed by atoms with van der Waals surface area (Å²) in [7, 11) is 0. The number of hydrogen-bond acceptors (Lipinski definition) is 3. The maximum atomic E-state index is 8.50. The normalized spacial score (nSPS) is 10.9. The number of aliphatic hydroxyl groups is 1. The van der Waals surface area contributed by atoms with Crippen molar-refractivity contribution in [1.82, 2.24) is 9.88 Å². The molecule has 0 saturated heterocycles. The minimum absolute atomic E-state index is 0.109. The molecule has 0 atom stereocenters. The summed E-state index contributed by atoms with van der Waals surface area (Å²) in [5.41, 5.74) is 1.32. The van der Waals surface area contributed by atoms with E-state index in [1.807, 2.05) is 0 Å². The molecule has 0 spiro atoms. The van der Waals surface area contributed by atoms with Gasteiger partial charge in [0.1, 0.15) is 0 Å². The molecule has 0 aliphatic heterocycles. The topological polar surface area (TPSA) is 46.4 Å². The first-order chi connectivity index (χ1) is 7.86. The Balaban J connectivity index is 1.98. The molecule has 0 saturated carbocycles. The minimum Gasteiger partial charge on any atom is -0.394 e. The summed E-state index contributed by atoms with van der Waals surface area (Å²) in [6.45, 7) is 6.28. The summed E-state index contributed by atoms with van der Waals surface area (Å²) in [5, 5.41) is 11.9. The van der Waals surface area contributed by atoms with Gasteiger partial charge in [-0.05, 0) is 31.5 Å². The molecule has 0 aromatic carbocycles. The fraction of sp³-hybridized carbons (Fsp3) is 0.667. The van der Waals surface area contributed by atoms with Gasteiger partial charge in [-0.25, -0.2) is 0 Å². The van der Waals surface area contributed by atoms with E-state index in [1.54, 1.807) is 0 Å². The summed E-state index contributed by atoms with van der Waals surface area (Å²) in [4.78, 5) is 0. The van der Waals surface area contributed by atoms with Crippen molar-refractivity contribution < 1.29 is 9.84 Å². The molecular formula is C12H22N2O2. The molecule has 0 unspecified atom stereocenters. The molecule has 1 aromatic rings. The average Bonchev–Trinajstić information content (AvgIpc) is 2.76. The predicted molar refractivity (Wildman–Crippen MR) is 64.3 cm³/mol. The zero-order valence-corrected chi connectivity index (χ0v) is 9.98. The molecule has 2 N–H and O–H groups in total.